The highest BCUT2D eigenvalue weighted by atomic mass is 32.2. The standard InChI is InChI=1S/C15H21N5O3S/c21-15-19(12-6-9-13-7-4-5-8-13)16-17-20(15)18-24(22,23)14-10-2-1-3-11-14/h1-3,10-11,13,18H,4-9,12H2. The molecule has 0 atom stereocenters. The van der Waals surface area contributed by atoms with Crippen LogP contribution < -0.4 is 10.5 Å². The zero-order valence-electron chi connectivity index (χ0n) is 13.3. The Labute approximate surface area is 140 Å². The van der Waals surface area contributed by atoms with Crippen molar-refractivity contribution in [3.8, 4) is 0 Å². The van der Waals surface area contributed by atoms with Crippen LogP contribution >= 0.6 is 0 Å². The largest absolute Gasteiger partial charge is 0.384 e. The van der Waals surface area contributed by atoms with Gasteiger partial charge in [0.1, 0.15) is 0 Å². The highest BCUT2D eigenvalue weighted by Crippen LogP contribution is 2.28. The topological polar surface area (TPSA) is 98.9 Å². The predicted octanol–water partition coefficient (Wildman–Crippen LogP) is 1.34. The van der Waals surface area contributed by atoms with Gasteiger partial charge in [-0.05, 0) is 41.3 Å². The minimum absolute atomic E-state index is 0.0627. The zero-order valence-corrected chi connectivity index (χ0v) is 14.2. The summed E-state index contributed by atoms with van der Waals surface area (Å²) in [6.07, 6.45) is 7.02. The van der Waals surface area contributed by atoms with Crippen molar-refractivity contribution in [2.45, 2.75) is 50.0 Å². The van der Waals surface area contributed by atoms with E-state index in [0.29, 0.717) is 11.3 Å². The monoisotopic (exact) mass is 351 g/mol. The van der Waals surface area contributed by atoms with E-state index in [1.165, 1.54) is 42.5 Å². The number of aryl methyl sites for hydroxylation is 1. The number of benzene rings is 1. The molecule has 1 aromatic heterocycles. The first-order valence-corrected chi connectivity index (χ1v) is 9.65. The fourth-order valence-corrected chi connectivity index (χ4v) is 4.03. The second-order valence-electron chi connectivity index (χ2n) is 6.10. The number of sulfonamides is 1. The average Bonchev–Trinajstić information content (AvgIpc) is 3.21. The van der Waals surface area contributed by atoms with Crippen molar-refractivity contribution in [2.75, 3.05) is 4.83 Å². The van der Waals surface area contributed by atoms with Crippen LogP contribution in [0.15, 0.2) is 40.0 Å². The van der Waals surface area contributed by atoms with Crippen LogP contribution in [-0.2, 0) is 16.6 Å². The minimum atomic E-state index is -3.86. The number of hydrogen-bond acceptors (Lipinski definition) is 5. The molecule has 0 spiro atoms. The van der Waals surface area contributed by atoms with Crippen LogP contribution in [0.4, 0.5) is 0 Å². The van der Waals surface area contributed by atoms with Crippen LogP contribution in [0.2, 0.25) is 0 Å². The van der Waals surface area contributed by atoms with Crippen molar-refractivity contribution < 1.29 is 8.42 Å². The molecule has 1 aliphatic rings. The summed E-state index contributed by atoms with van der Waals surface area (Å²) in [6, 6.07) is 7.82. The van der Waals surface area contributed by atoms with Gasteiger partial charge < -0.3 is 0 Å². The molecule has 8 nitrogen and oxygen atoms in total. The molecule has 9 heteroatoms. The van der Waals surface area contributed by atoms with Gasteiger partial charge in [0, 0.05) is 6.54 Å². The van der Waals surface area contributed by atoms with Crippen molar-refractivity contribution in [3.63, 3.8) is 0 Å². The SMILES string of the molecule is O=c1n(CCCC2CCCC2)nnn1NS(=O)(=O)c1ccccc1. The van der Waals surface area contributed by atoms with Gasteiger partial charge in [-0.3, -0.25) is 0 Å². The molecule has 0 amide bonds. The highest BCUT2D eigenvalue weighted by Gasteiger charge is 2.18. The third-order valence-electron chi connectivity index (χ3n) is 4.36. The van der Waals surface area contributed by atoms with Gasteiger partial charge >= 0.3 is 5.69 Å². The van der Waals surface area contributed by atoms with Crippen LogP contribution in [0, 0.1) is 5.92 Å². The van der Waals surface area contributed by atoms with Crippen LogP contribution in [0.5, 0.6) is 0 Å². The summed E-state index contributed by atoms with van der Waals surface area (Å²) in [4.78, 5) is 15.0. The van der Waals surface area contributed by atoms with Crippen LogP contribution in [-0.4, -0.2) is 28.3 Å². The molecule has 1 aromatic carbocycles. The quantitative estimate of drug-likeness (QED) is 0.811. The third kappa shape index (κ3) is 3.84. The molecule has 1 saturated carbocycles. The van der Waals surface area contributed by atoms with Crippen molar-refractivity contribution in [1.29, 1.82) is 0 Å². The first-order chi connectivity index (χ1) is 11.6. The van der Waals surface area contributed by atoms with Gasteiger partial charge in [-0.15, -0.1) is 0 Å². The Kier molecular flexibility index (Phi) is 4.98. The molecule has 0 saturated heterocycles. The first kappa shape index (κ1) is 16.7. The zero-order chi connectivity index (χ0) is 17.0. The molecule has 0 bridgehead atoms. The van der Waals surface area contributed by atoms with Crippen LogP contribution in [0.1, 0.15) is 38.5 Å². The molecule has 1 aliphatic carbocycles. The smallest absolute Gasteiger partial charge is 0.242 e. The number of nitrogens with zero attached hydrogens (tertiary/aromatic N) is 4. The van der Waals surface area contributed by atoms with E-state index in [2.05, 4.69) is 15.3 Å². The Bertz CT molecular complexity index is 822. The molecule has 130 valence electrons. The van der Waals surface area contributed by atoms with Crippen LogP contribution in [0.3, 0.4) is 0 Å². The van der Waals surface area contributed by atoms with E-state index in [1.807, 2.05) is 0 Å². The van der Waals surface area contributed by atoms with E-state index in [-0.39, 0.29) is 4.90 Å². The van der Waals surface area contributed by atoms with Gasteiger partial charge in [-0.1, -0.05) is 48.7 Å². The van der Waals surface area contributed by atoms with Gasteiger partial charge in [0.15, 0.2) is 0 Å². The highest BCUT2D eigenvalue weighted by molar-refractivity contribution is 7.92. The molecule has 1 N–H and O–H groups in total. The number of aromatic nitrogens is 4. The third-order valence-corrected chi connectivity index (χ3v) is 5.66. The van der Waals surface area contributed by atoms with Crippen molar-refractivity contribution >= 4 is 10.0 Å². The maximum Gasteiger partial charge on any atom is 0.384 e. The molecular formula is C15H21N5O3S. The summed E-state index contributed by atoms with van der Waals surface area (Å²) in [5.74, 6) is 0.743. The normalized spacial score (nSPS) is 15.7. The van der Waals surface area contributed by atoms with E-state index in [4.69, 9.17) is 0 Å². The van der Waals surface area contributed by atoms with Crippen molar-refractivity contribution in [2.24, 2.45) is 5.92 Å². The Morgan fingerprint density at radius 2 is 1.83 bits per heavy atom. The van der Waals surface area contributed by atoms with E-state index in [9.17, 15) is 13.2 Å². The molecular weight excluding hydrogens is 330 g/mol. The number of rotatable bonds is 7. The summed E-state index contributed by atoms with van der Waals surface area (Å²) in [5, 5.41) is 7.35. The van der Waals surface area contributed by atoms with E-state index in [0.717, 1.165) is 18.8 Å². The Morgan fingerprint density at radius 1 is 1.12 bits per heavy atom. The molecule has 1 heterocycles. The molecule has 2 aromatic rings. The first-order valence-electron chi connectivity index (χ1n) is 8.17. The van der Waals surface area contributed by atoms with Crippen molar-refractivity contribution in [3.05, 3.63) is 40.8 Å². The Balaban J connectivity index is 1.63. The molecule has 3 rings (SSSR count). The second-order valence-corrected chi connectivity index (χ2v) is 7.76. The minimum Gasteiger partial charge on any atom is -0.242 e. The van der Waals surface area contributed by atoms with Gasteiger partial charge in [-0.25, -0.2) is 4.79 Å². The van der Waals surface area contributed by atoms with Gasteiger partial charge in [0.05, 0.1) is 4.90 Å². The molecule has 24 heavy (non-hydrogen) atoms. The summed E-state index contributed by atoms with van der Waals surface area (Å²) in [6.45, 7) is 0.447. The predicted molar refractivity (Wildman–Crippen MR) is 88.5 cm³/mol. The summed E-state index contributed by atoms with van der Waals surface area (Å²) < 4.78 is 25.6. The fourth-order valence-electron chi connectivity index (χ4n) is 3.07. The summed E-state index contributed by atoms with van der Waals surface area (Å²) in [5.41, 5.74) is -0.582. The van der Waals surface area contributed by atoms with E-state index < -0.39 is 15.7 Å². The van der Waals surface area contributed by atoms with E-state index in [1.54, 1.807) is 18.2 Å². The van der Waals surface area contributed by atoms with Gasteiger partial charge in [-0.2, -0.15) is 17.9 Å². The lowest BCUT2D eigenvalue weighted by molar-refractivity contribution is 0.438. The molecule has 1 fully saturated rings. The molecule has 0 aliphatic heterocycles. The number of hydrogen-bond donors (Lipinski definition) is 1. The lowest BCUT2D eigenvalue weighted by Gasteiger charge is -2.07. The van der Waals surface area contributed by atoms with Crippen molar-refractivity contribution in [1.82, 2.24) is 19.9 Å². The Hall–Kier alpha value is -2.16. The Morgan fingerprint density at radius 3 is 2.54 bits per heavy atom. The summed E-state index contributed by atoms with van der Waals surface area (Å²) in [7, 11) is -3.86. The maximum atomic E-state index is 12.2. The molecule has 0 radical (unpaired) electrons. The lowest BCUT2D eigenvalue weighted by atomic mass is 10.0. The second kappa shape index (κ2) is 7.16. The van der Waals surface area contributed by atoms with E-state index >= 15 is 0 Å². The lowest BCUT2D eigenvalue weighted by Crippen LogP contribution is -2.35. The van der Waals surface area contributed by atoms with Gasteiger partial charge in [0.2, 0.25) is 0 Å². The number of tetrazole rings is 1. The average molecular weight is 351 g/mol. The summed E-state index contributed by atoms with van der Waals surface area (Å²) >= 11 is 0. The number of nitrogens with one attached hydrogen (secondary N) is 1. The van der Waals surface area contributed by atoms with Crippen LogP contribution in [0.25, 0.3) is 0 Å². The fraction of sp³-hybridized carbons (Fsp3) is 0.533. The maximum absolute atomic E-state index is 12.2. The van der Waals surface area contributed by atoms with Gasteiger partial charge in [0.25, 0.3) is 10.0 Å². The molecule has 0 unspecified atom stereocenters.